The highest BCUT2D eigenvalue weighted by Gasteiger charge is 2.31. The summed E-state index contributed by atoms with van der Waals surface area (Å²) in [5.41, 5.74) is -5.97. The van der Waals surface area contributed by atoms with Crippen LogP contribution in [0.25, 0.3) is 0 Å². The normalized spacial score (nSPS) is 49.6. The van der Waals surface area contributed by atoms with Crippen LogP contribution >= 0.6 is 0 Å². The third-order valence-electron chi connectivity index (χ3n) is 3.42. The van der Waals surface area contributed by atoms with E-state index in [4.69, 9.17) is 46.7 Å². The summed E-state index contributed by atoms with van der Waals surface area (Å²) in [6.45, 7) is -21.0. The molecule has 0 saturated heterocycles. The smallest absolute Gasteiger partial charge is 0.328 e. The summed E-state index contributed by atoms with van der Waals surface area (Å²) >= 11 is 0. The Balaban J connectivity index is 2.23. The third kappa shape index (κ3) is 6.37. The molecular formula is C24H34N4O5S. The van der Waals surface area contributed by atoms with E-state index in [1.54, 1.807) is 0 Å². The molecule has 9 nitrogen and oxygen atoms in total. The lowest BCUT2D eigenvalue weighted by molar-refractivity contribution is -0.123. The number of hydrogen-bond donors (Lipinski definition) is 3. The first-order chi connectivity index (χ1) is 29.5. The van der Waals surface area contributed by atoms with Gasteiger partial charge in [0.2, 0.25) is 0 Å². The lowest BCUT2D eigenvalue weighted by Gasteiger charge is -2.26. The van der Waals surface area contributed by atoms with Crippen LogP contribution in [-0.4, -0.2) is 50.3 Å². The molecule has 3 N–H and O–H groups in total. The van der Waals surface area contributed by atoms with Gasteiger partial charge >= 0.3 is 12.1 Å². The minimum atomic E-state index is -6.53. The van der Waals surface area contributed by atoms with Gasteiger partial charge in [-0.3, -0.25) is 9.69 Å². The predicted octanol–water partition coefficient (Wildman–Crippen LogP) is 3.07. The molecule has 34 heavy (non-hydrogen) atoms. The van der Waals surface area contributed by atoms with Crippen molar-refractivity contribution >= 4 is 28.0 Å². The van der Waals surface area contributed by atoms with Crippen molar-refractivity contribution in [1.82, 2.24) is 20.2 Å². The fourth-order valence-corrected chi connectivity index (χ4v) is 2.69. The van der Waals surface area contributed by atoms with E-state index in [1.165, 1.54) is 0 Å². The molecule has 1 aromatic rings. The zero-order valence-corrected chi connectivity index (χ0v) is 17.1. The van der Waals surface area contributed by atoms with Crippen molar-refractivity contribution < 1.29 is 69.5 Å². The number of rotatable bonds is 7. The van der Waals surface area contributed by atoms with Crippen LogP contribution in [0, 0.1) is 5.89 Å². The molecule has 0 radical (unpaired) electrons. The number of hydrogen-bond acceptors (Lipinski definition) is 5. The van der Waals surface area contributed by atoms with Gasteiger partial charge in [-0.25, -0.2) is 22.7 Å². The summed E-state index contributed by atoms with van der Waals surface area (Å²) in [5.74, 6) is -6.95. The van der Waals surface area contributed by atoms with Crippen molar-refractivity contribution in [2.24, 2.45) is 5.89 Å². The molecule has 1 aliphatic heterocycles. The maximum absolute atomic E-state index is 13.7. The molecule has 0 bridgehead atoms. The second-order valence-corrected chi connectivity index (χ2v) is 7.19. The van der Waals surface area contributed by atoms with Crippen molar-refractivity contribution in [2.45, 2.75) is 69.7 Å². The van der Waals surface area contributed by atoms with E-state index in [0.29, 0.717) is 0 Å². The minimum Gasteiger partial charge on any atom is -0.337 e. The van der Waals surface area contributed by atoms with Crippen molar-refractivity contribution in [3.05, 3.63) is 40.9 Å². The predicted molar refractivity (Wildman–Crippen MR) is 129 cm³/mol. The molecule has 0 spiro atoms. The number of sulfonamides is 1. The number of urea groups is 2. The van der Waals surface area contributed by atoms with Crippen LogP contribution in [0.2, 0.25) is 4.24 Å². The van der Waals surface area contributed by atoms with Gasteiger partial charge in [0.15, 0.2) is 4.24 Å². The van der Waals surface area contributed by atoms with E-state index in [1.807, 2.05) is 0 Å². The lowest BCUT2D eigenvalue weighted by Crippen LogP contribution is -2.45. The SMILES string of the molecule is [2H]c1c([2H])c(S(=O)(=O)N([2H])C(=O)N([2H])C2([2H])C([2H])([2H])C([2H])([2H])C([2H])(C([2H])([2H])[2H])C([2H])([2H])C2([2H])[2H])c([2H])c([2H])c1C([2H])([2H])C([2H])([2H])N([2H])C(=O)N1C(=O)C(C([2H])([2H])C([2H])([2H])[2H])=C(C([2H])([2H])[2H])C1([2H])[2H]. The Hall–Kier alpha value is -2.88. The van der Waals surface area contributed by atoms with E-state index < -0.39 is 178 Å². The Morgan fingerprint density at radius 1 is 1.29 bits per heavy atom. The lowest BCUT2D eigenvalue weighted by atomic mass is 9.87. The number of nitrogens with one attached hydrogen (secondary N) is 3. The van der Waals surface area contributed by atoms with Crippen LogP contribution < -0.4 is 15.3 Å². The van der Waals surface area contributed by atoms with Gasteiger partial charge in [0, 0.05) is 51.0 Å². The summed E-state index contributed by atoms with van der Waals surface area (Å²) in [6.07, 6.45) is -27.3. The van der Waals surface area contributed by atoms with E-state index in [2.05, 4.69) is 0 Å². The molecule has 5 amide bonds. The highest BCUT2D eigenvalue weighted by atomic mass is 32.2. The fourth-order valence-electron chi connectivity index (χ4n) is 1.99. The van der Waals surface area contributed by atoms with Crippen molar-refractivity contribution in [2.75, 3.05) is 13.0 Å². The summed E-state index contributed by atoms with van der Waals surface area (Å²) in [6, 6.07) is -18.9. The number of benzene rings is 1. The van der Waals surface area contributed by atoms with Gasteiger partial charge in [-0.2, -0.15) is 0 Å². The summed E-state index contributed by atoms with van der Waals surface area (Å²) < 4.78 is 301. The van der Waals surface area contributed by atoms with Crippen LogP contribution in [0.4, 0.5) is 9.59 Å². The van der Waals surface area contributed by atoms with Crippen LogP contribution in [0.1, 0.15) is 100 Å². The Morgan fingerprint density at radius 2 is 2.03 bits per heavy atom. The molecular weight excluding hydrogens is 456 g/mol. The molecule has 186 valence electrons. The minimum absolute atomic E-state index is 0.973. The number of carbonyl (C=O) groups excluding carboxylic acids is 3. The van der Waals surface area contributed by atoms with Gasteiger partial charge in [0.1, 0.15) is 0 Å². The molecule has 3 rings (SSSR count). The van der Waals surface area contributed by atoms with Gasteiger partial charge in [0.05, 0.1) is 21.0 Å². The first-order valence-electron chi connectivity index (χ1n) is 25.2. The second-order valence-electron chi connectivity index (χ2n) is 5.65. The van der Waals surface area contributed by atoms with Crippen molar-refractivity contribution in [3.8, 4) is 0 Å². The zero-order valence-electron chi connectivity index (χ0n) is 50.2. The average Bonchev–Trinajstić information content (AvgIpc) is 3.37. The van der Waals surface area contributed by atoms with E-state index >= 15 is 0 Å². The molecule has 1 aliphatic carbocycles. The monoisotopic (exact) mass is 524 g/mol. The molecule has 0 atom stereocenters. The standard InChI is InChI=1S/C24H34N4O5S/c1-4-21-17(3)15-28(22(21)29)24(31)25-14-13-18-7-11-20(12-8-18)34(32,33)27-23(30)26-19-9-5-16(2)6-10-19/h7-8,11-12,16,19H,4-6,9-10,13-15H2,1-3H3,(H,25,31)(H2,26,27,30)/i1D3,2D3,3D3,4D2,5D2,6D2,7D,8D,9D2,10D2,11D,12D,13D2,14D2,15D2,16D,19D/hD3. The number of nitrogens with zero attached hydrogens (tertiary/aromatic N) is 1. The van der Waals surface area contributed by atoms with E-state index in [9.17, 15) is 22.8 Å². The molecule has 1 aromatic carbocycles. The van der Waals surface area contributed by atoms with Crippen LogP contribution in [0.15, 0.2) is 40.2 Å². The van der Waals surface area contributed by atoms with Crippen LogP contribution in [-0.2, 0) is 21.2 Å². The number of carbonyl (C=O) groups is 3. The Labute approximate surface area is 249 Å². The highest BCUT2D eigenvalue weighted by Crippen LogP contribution is 2.23. The second kappa shape index (κ2) is 11.0. The van der Waals surface area contributed by atoms with Crippen LogP contribution in [0.3, 0.4) is 0 Å². The topological polar surface area (TPSA) is 125 Å². The summed E-state index contributed by atoms with van der Waals surface area (Å²) in [5, 5.41) is -2.78. The maximum atomic E-state index is 13.7. The van der Waals surface area contributed by atoms with E-state index in [-0.39, 0.29) is 0 Å². The molecule has 0 aromatic heterocycles. The van der Waals surface area contributed by atoms with Crippen molar-refractivity contribution in [1.29, 1.82) is 0 Å². The average molecular weight is 525 g/mol. The molecule has 1 saturated carbocycles. The quantitative estimate of drug-likeness (QED) is 0.506. The van der Waals surface area contributed by atoms with E-state index in [0.717, 1.165) is 0 Å². The Kier molecular flexibility index (Phi) is 2.03. The third-order valence-corrected chi connectivity index (χ3v) is 4.53. The van der Waals surface area contributed by atoms with Gasteiger partial charge in [-0.15, -0.1) is 0 Å². The number of amides is 5. The first kappa shape index (κ1) is 6.27. The zero-order chi connectivity index (χ0) is 54.7. The summed E-state index contributed by atoms with van der Waals surface area (Å²) in [4.78, 5) is 37.4. The molecule has 1 fully saturated rings. The summed E-state index contributed by atoms with van der Waals surface area (Å²) in [7, 11) is -6.53. The number of imide groups is 1. The van der Waals surface area contributed by atoms with Crippen LogP contribution in [0.5, 0.6) is 0 Å². The molecule has 1 heterocycles. The van der Waals surface area contributed by atoms with Crippen molar-refractivity contribution in [3.63, 3.8) is 0 Å². The fraction of sp³-hybridized carbons (Fsp3) is 0.542. The van der Waals surface area contributed by atoms with Gasteiger partial charge < -0.3 is 10.6 Å². The maximum Gasteiger partial charge on any atom is 0.328 e. The molecule has 10 heteroatoms. The van der Waals surface area contributed by atoms with Gasteiger partial charge in [-0.1, -0.05) is 25.8 Å². The highest BCUT2D eigenvalue weighted by molar-refractivity contribution is 7.90. The largest absolute Gasteiger partial charge is 0.337 e. The first-order valence-corrected chi connectivity index (χ1v) is 9.81. The molecule has 2 aliphatic rings. The molecule has 0 unspecified atom stereocenters. The Bertz CT molecular complexity index is 2400. The van der Waals surface area contributed by atoms with Gasteiger partial charge in [0.25, 0.3) is 15.9 Å². The van der Waals surface area contributed by atoms with Gasteiger partial charge in [-0.05, 0) is 74.2 Å². The Morgan fingerprint density at radius 3 is 2.68 bits per heavy atom.